The summed E-state index contributed by atoms with van der Waals surface area (Å²) in [6.07, 6.45) is 6.85. The normalized spacial score (nSPS) is 19.3. The second-order valence-electron chi connectivity index (χ2n) is 9.92. The molecule has 2 N–H and O–H groups in total. The number of aryl methyl sites for hydroxylation is 1. The molecule has 2 aromatic carbocycles. The van der Waals surface area contributed by atoms with Gasteiger partial charge in [0.15, 0.2) is 0 Å². The fraction of sp³-hybridized carbons (Fsp3) is 0.517. The van der Waals surface area contributed by atoms with Crippen LogP contribution < -0.4 is 0 Å². The average molecular weight is 502 g/mol. The summed E-state index contributed by atoms with van der Waals surface area (Å²) in [4.78, 5) is 24.0. The number of hydrogen-bond donors (Lipinski definition) is 2. The van der Waals surface area contributed by atoms with Gasteiger partial charge in [-0.2, -0.15) is 8.78 Å². The van der Waals surface area contributed by atoms with Crippen LogP contribution in [0.5, 0.6) is 0 Å². The number of hydrogen-bond acceptors (Lipinski definition) is 3. The molecule has 1 aliphatic heterocycles. The van der Waals surface area contributed by atoms with Crippen LogP contribution in [0.1, 0.15) is 63.9 Å². The first-order valence-electron chi connectivity index (χ1n) is 12.9. The van der Waals surface area contributed by atoms with Crippen molar-refractivity contribution < 1.29 is 28.6 Å². The molecule has 1 aliphatic rings. The Morgan fingerprint density at radius 1 is 1.11 bits per heavy atom. The second-order valence-corrected chi connectivity index (χ2v) is 9.92. The molecular weight excluding hydrogens is 464 g/mol. The van der Waals surface area contributed by atoms with E-state index in [-0.39, 0.29) is 18.9 Å². The van der Waals surface area contributed by atoms with E-state index in [1.165, 1.54) is 21.2 Å². The number of carboxylic acids is 1. The van der Waals surface area contributed by atoms with Gasteiger partial charge in [0, 0.05) is 19.4 Å². The number of aliphatic hydroxyl groups is 1. The fourth-order valence-corrected chi connectivity index (χ4v) is 4.90. The molecule has 0 bridgehead atoms. The van der Waals surface area contributed by atoms with Crippen LogP contribution in [0.25, 0.3) is 10.8 Å². The largest absolute Gasteiger partial charge is 0.481 e. The smallest absolute Gasteiger partial charge is 0.327 e. The predicted molar refractivity (Wildman–Crippen MR) is 137 cm³/mol. The lowest BCUT2D eigenvalue weighted by Gasteiger charge is -2.22. The predicted octanol–water partition coefficient (Wildman–Crippen LogP) is 5.99. The van der Waals surface area contributed by atoms with Crippen molar-refractivity contribution in [2.75, 3.05) is 6.54 Å². The number of halogens is 2. The van der Waals surface area contributed by atoms with E-state index in [1.807, 2.05) is 19.1 Å². The van der Waals surface area contributed by atoms with Crippen LogP contribution >= 0.6 is 0 Å². The molecule has 0 saturated carbocycles. The van der Waals surface area contributed by atoms with Crippen LogP contribution in [0.15, 0.2) is 54.6 Å². The van der Waals surface area contributed by atoms with E-state index in [0.29, 0.717) is 25.7 Å². The SMILES string of the molecule is C[C@@H](CCCc1cccc2ccccc12)[C@H](O)C=CC1CC(F)(F)C(=O)N1CCCCCCC(=O)O. The van der Waals surface area contributed by atoms with Gasteiger partial charge in [0.25, 0.3) is 5.91 Å². The van der Waals surface area contributed by atoms with E-state index in [0.717, 1.165) is 19.3 Å². The molecule has 3 atom stereocenters. The minimum Gasteiger partial charge on any atom is -0.481 e. The zero-order chi connectivity index (χ0) is 26.1. The molecule has 1 unspecified atom stereocenters. The lowest BCUT2D eigenvalue weighted by atomic mass is 9.94. The number of carbonyl (C=O) groups is 2. The lowest BCUT2D eigenvalue weighted by molar-refractivity contribution is -0.148. The summed E-state index contributed by atoms with van der Waals surface area (Å²) < 4.78 is 28.3. The Morgan fingerprint density at radius 3 is 2.61 bits per heavy atom. The molecule has 3 rings (SSSR count). The van der Waals surface area contributed by atoms with Crippen molar-refractivity contribution in [3.05, 3.63) is 60.2 Å². The number of likely N-dealkylation sites (tertiary alicyclic amines) is 1. The van der Waals surface area contributed by atoms with Gasteiger partial charge in [-0.15, -0.1) is 0 Å². The van der Waals surface area contributed by atoms with Crippen molar-refractivity contribution in [1.29, 1.82) is 0 Å². The van der Waals surface area contributed by atoms with Crippen LogP contribution in [-0.4, -0.2) is 51.6 Å². The first-order chi connectivity index (χ1) is 17.2. The Morgan fingerprint density at radius 2 is 1.83 bits per heavy atom. The molecule has 196 valence electrons. The Kier molecular flexibility index (Phi) is 9.99. The molecule has 0 radical (unpaired) electrons. The maximum absolute atomic E-state index is 14.1. The zero-order valence-electron chi connectivity index (χ0n) is 20.9. The van der Waals surface area contributed by atoms with Gasteiger partial charge in [0.05, 0.1) is 12.1 Å². The highest BCUT2D eigenvalue weighted by molar-refractivity contribution is 5.86. The molecule has 1 amide bonds. The van der Waals surface area contributed by atoms with Crippen molar-refractivity contribution in [3.63, 3.8) is 0 Å². The number of aliphatic hydroxyl groups excluding tert-OH is 1. The highest BCUT2D eigenvalue weighted by Crippen LogP contribution is 2.34. The summed E-state index contributed by atoms with van der Waals surface area (Å²) in [7, 11) is 0. The molecule has 36 heavy (non-hydrogen) atoms. The topological polar surface area (TPSA) is 77.8 Å². The number of carbonyl (C=O) groups excluding carboxylic acids is 1. The summed E-state index contributed by atoms with van der Waals surface area (Å²) in [6, 6.07) is 13.8. The van der Waals surface area contributed by atoms with Crippen molar-refractivity contribution in [2.24, 2.45) is 5.92 Å². The molecule has 0 aliphatic carbocycles. The molecule has 7 heteroatoms. The summed E-state index contributed by atoms with van der Waals surface area (Å²) >= 11 is 0. The van der Waals surface area contributed by atoms with Crippen LogP contribution in [-0.2, 0) is 16.0 Å². The van der Waals surface area contributed by atoms with Gasteiger partial charge >= 0.3 is 11.9 Å². The minimum atomic E-state index is -3.40. The maximum atomic E-state index is 14.1. The third-order valence-corrected chi connectivity index (χ3v) is 7.08. The number of carboxylic acid groups (broad SMARTS) is 1. The molecule has 1 fully saturated rings. The number of benzene rings is 2. The van der Waals surface area contributed by atoms with Crippen molar-refractivity contribution in [2.45, 2.75) is 82.8 Å². The number of aliphatic carboxylic acids is 1. The summed E-state index contributed by atoms with van der Waals surface area (Å²) in [5.74, 6) is -5.46. The molecule has 0 aromatic heterocycles. The first-order valence-corrected chi connectivity index (χ1v) is 12.9. The third-order valence-electron chi connectivity index (χ3n) is 7.08. The van der Waals surface area contributed by atoms with Crippen molar-refractivity contribution in [3.8, 4) is 0 Å². The third kappa shape index (κ3) is 7.60. The van der Waals surface area contributed by atoms with E-state index in [9.17, 15) is 23.5 Å². The highest BCUT2D eigenvalue weighted by Gasteiger charge is 2.52. The molecule has 5 nitrogen and oxygen atoms in total. The lowest BCUT2D eigenvalue weighted by Crippen LogP contribution is -2.36. The quantitative estimate of drug-likeness (QED) is 0.246. The van der Waals surface area contributed by atoms with Gasteiger partial charge in [0.1, 0.15) is 0 Å². The Labute approximate surface area is 211 Å². The van der Waals surface area contributed by atoms with Gasteiger partial charge in [-0.05, 0) is 54.4 Å². The fourth-order valence-electron chi connectivity index (χ4n) is 4.90. The summed E-state index contributed by atoms with van der Waals surface area (Å²) in [6.45, 7) is 2.15. The van der Waals surface area contributed by atoms with Gasteiger partial charge < -0.3 is 15.1 Å². The number of alkyl halides is 2. The number of amides is 1. The van der Waals surface area contributed by atoms with Crippen molar-refractivity contribution >= 4 is 22.6 Å². The monoisotopic (exact) mass is 501 g/mol. The van der Waals surface area contributed by atoms with Gasteiger partial charge in [-0.3, -0.25) is 9.59 Å². The van der Waals surface area contributed by atoms with Crippen LogP contribution in [0.2, 0.25) is 0 Å². The van der Waals surface area contributed by atoms with E-state index in [1.54, 1.807) is 12.2 Å². The van der Waals surface area contributed by atoms with Crippen LogP contribution in [0.3, 0.4) is 0 Å². The number of unbranched alkanes of at least 4 members (excludes halogenated alkanes) is 3. The number of nitrogens with zero attached hydrogens (tertiary/aromatic N) is 1. The first kappa shape index (κ1) is 27.8. The minimum absolute atomic E-state index is 0.0449. The van der Waals surface area contributed by atoms with Crippen LogP contribution in [0.4, 0.5) is 8.78 Å². The standard InChI is InChI=1S/C29H37F2NO4/c1-21(10-8-12-23-14-9-13-22-11-5-6-15-25(22)23)26(33)18-17-24-20-29(30,31)28(36)32(24)19-7-3-2-4-16-27(34)35/h5-6,9,11,13-15,17-18,21,24,26,33H,2-4,7-8,10,12,16,19-20H2,1H3,(H,34,35)/t21-,24?,26+/m0/s1. The zero-order valence-corrected chi connectivity index (χ0v) is 20.9. The van der Waals surface area contributed by atoms with Gasteiger partial charge in [-0.1, -0.05) is 74.4 Å². The molecule has 1 saturated heterocycles. The van der Waals surface area contributed by atoms with Gasteiger partial charge in [0.2, 0.25) is 0 Å². The second kappa shape index (κ2) is 12.9. The maximum Gasteiger partial charge on any atom is 0.327 e. The van der Waals surface area contributed by atoms with Gasteiger partial charge in [-0.25, -0.2) is 0 Å². The Bertz CT molecular complexity index is 1050. The van der Waals surface area contributed by atoms with E-state index in [4.69, 9.17) is 5.11 Å². The molecular formula is C29H37F2NO4. The average Bonchev–Trinajstić information content (AvgIpc) is 3.07. The molecule has 1 heterocycles. The van der Waals surface area contributed by atoms with Crippen molar-refractivity contribution in [1.82, 2.24) is 4.90 Å². The van der Waals surface area contributed by atoms with E-state index >= 15 is 0 Å². The highest BCUT2D eigenvalue weighted by atomic mass is 19.3. The number of fused-ring (bicyclic) bond motifs is 1. The van der Waals surface area contributed by atoms with Crippen LogP contribution in [0, 0.1) is 5.92 Å². The summed E-state index contributed by atoms with van der Waals surface area (Å²) in [5.41, 5.74) is 1.27. The van der Waals surface area contributed by atoms with E-state index in [2.05, 4.69) is 30.3 Å². The Hall–Kier alpha value is -2.80. The molecule has 2 aromatic rings. The summed E-state index contributed by atoms with van der Waals surface area (Å²) in [5, 5.41) is 21.8. The Balaban J connectivity index is 1.48. The van der Waals surface area contributed by atoms with E-state index < -0.39 is 36.4 Å². The molecule has 0 spiro atoms. The number of rotatable bonds is 14.